The molecule has 0 aromatic heterocycles. The number of fused-ring (bicyclic) bond motifs is 1. The van der Waals surface area contributed by atoms with Gasteiger partial charge in [0.15, 0.2) is 0 Å². The van der Waals surface area contributed by atoms with Crippen LogP contribution in [0.25, 0.3) is 0 Å². The molecule has 76 valence electrons. The maximum Gasteiger partial charge on any atom is 0.0813 e. The van der Waals surface area contributed by atoms with Crippen LogP contribution < -0.4 is 5.48 Å². The lowest BCUT2D eigenvalue weighted by atomic mass is 9.96. The number of hydrogen-bond acceptors (Lipinski definition) is 2. The van der Waals surface area contributed by atoms with Crippen LogP contribution in [0.3, 0.4) is 0 Å². The second-order valence-corrected chi connectivity index (χ2v) is 5.53. The Balaban J connectivity index is 1.75. The highest BCUT2D eigenvalue weighted by atomic mass is 16.7. The second kappa shape index (κ2) is 3.25. The molecular formula is C11H21NO. The lowest BCUT2D eigenvalue weighted by Gasteiger charge is -2.27. The van der Waals surface area contributed by atoms with Crippen LogP contribution in [-0.2, 0) is 4.84 Å². The van der Waals surface area contributed by atoms with E-state index in [-0.39, 0.29) is 5.60 Å². The smallest absolute Gasteiger partial charge is 0.0813 e. The molecule has 1 unspecified atom stereocenters. The summed E-state index contributed by atoms with van der Waals surface area (Å²) in [6, 6.07) is 0.637. The van der Waals surface area contributed by atoms with Crippen molar-refractivity contribution < 1.29 is 4.84 Å². The van der Waals surface area contributed by atoms with E-state index in [1.54, 1.807) is 0 Å². The molecule has 0 bridgehead atoms. The molecule has 2 nitrogen and oxygen atoms in total. The zero-order chi connectivity index (χ0) is 9.47. The molecule has 2 saturated carbocycles. The van der Waals surface area contributed by atoms with Gasteiger partial charge in [-0.2, -0.15) is 5.48 Å². The van der Waals surface area contributed by atoms with Gasteiger partial charge in [-0.05, 0) is 45.4 Å². The third-order valence-corrected chi connectivity index (χ3v) is 3.10. The van der Waals surface area contributed by atoms with Crippen molar-refractivity contribution in [3.8, 4) is 0 Å². The zero-order valence-electron chi connectivity index (χ0n) is 8.97. The summed E-state index contributed by atoms with van der Waals surface area (Å²) in [6.45, 7) is 6.27. The van der Waals surface area contributed by atoms with E-state index in [0.29, 0.717) is 6.04 Å². The molecule has 0 aromatic rings. The average Bonchev–Trinajstić information content (AvgIpc) is 2.77. The van der Waals surface area contributed by atoms with Gasteiger partial charge in [-0.3, -0.25) is 4.84 Å². The molecule has 2 aliphatic rings. The van der Waals surface area contributed by atoms with Crippen LogP contribution in [0.1, 0.15) is 46.5 Å². The van der Waals surface area contributed by atoms with E-state index in [0.717, 1.165) is 11.8 Å². The van der Waals surface area contributed by atoms with Gasteiger partial charge < -0.3 is 0 Å². The van der Waals surface area contributed by atoms with Crippen molar-refractivity contribution in [2.45, 2.75) is 58.1 Å². The Morgan fingerprint density at radius 3 is 2.69 bits per heavy atom. The largest absolute Gasteiger partial charge is 0.296 e. The first-order valence-corrected chi connectivity index (χ1v) is 5.50. The van der Waals surface area contributed by atoms with Crippen LogP contribution in [0.2, 0.25) is 0 Å². The Hall–Kier alpha value is -0.0800. The highest BCUT2D eigenvalue weighted by Crippen LogP contribution is 2.49. The molecule has 0 saturated heterocycles. The minimum absolute atomic E-state index is 0.0537. The summed E-state index contributed by atoms with van der Waals surface area (Å²) in [4.78, 5) is 5.62. The second-order valence-electron chi connectivity index (χ2n) is 5.53. The number of hydroxylamine groups is 1. The Morgan fingerprint density at radius 2 is 2.00 bits per heavy atom. The molecule has 0 aliphatic heterocycles. The maximum absolute atomic E-state index is 5.62. The molecule has 0 heterocycles. The standard InChI is InChI=1S/C11H21NO/c1-11(2,3)13-12-10-6-4-5-8-7-9(8)10/h8-10,12H,4-7H2,1-3H3/t8-,9+,10?/m1/s1. The SMILES string of the molecule is CC(C)(C)ONC1CCC[C@@H]2C[C@H]12. The van der Waals surface area contributed by atoms with Crippen LogP contribution in [0.5, 0.6) is 0 Å². The molecule has 1 N–H and O–H groups in total. The summed E-state index contributed by atoms with van der Waals surface area (Å²) >= 11 is 0. The molecule has 0 spiro atoms. The Labute approximate surface area is 81.0 Å². The van der Waals surface area contributed by atoms with Gasteiger partial charge in [0.25, 0.3) is 0 Å². The van der Waals surface area contributed by atoms with Crippen LogP contribution in [0, 0.1) is 11.8 Å². The predicted octanol–water partition coefficient (Wildman–Crippen LogP) is 2.49. The van der Waals surface area contributed by atoms with Crippen molar-refractivity contribution >= 4 is 0 Å². The van der Waals surface area contributed by atoms with Crippen molar-refractivity contribution in [2.24, 2.45) is 11.8 Å². The molecule has 0 amide bonds. The van der Waals surface area contributed by atoms with E-state index < -0.39 is 0 Å². The highest BCUT2D eigenvalue weighted by molar-refractivity contribution is 4.97. The van der Waals surface area contributed by atoms with Gasteiger partial charge in [-0.25, -0.2) is 0 Å². The maximum atomic E-state index is 5.62. The van der Waals surface area contributed by atoms with E-state index in [9.17, 15) is 0 Å². The minimum Gasteiger partial charge on any atom is -0.296 e. The monoisotopic (exact) mass is 183 g/mol. The number of hydrogen-bond donors (Lipinski definition) is 1. The molecule has 13 heavy (non-hydrogen) atoms. The first-order chi connectivity index (χ1) is 6.06. The van der Waals surface area contributed by atoms with Gasteiger partial charge in [-0.15, -0.1) is 0 Å². The summed E-state index contributed by atoms with van der Waals surface area (Å²) < 4.78 is 0. The Bertz CT molecular complexity index is 185. The van der Waals surface area contributed by atoms with Gasteiger partial charge in [0.2, 0.25) is 0 Å². The normalized spacial score (nSPS) is 38.5. The van der Waals surface area contributed by atoms with E-state index in [1.807, 2.05) is 0 Å². The predicted molar refractivity (Wildman–Crippen MR) is 53.2 cm³/mol. The Kier molecular flexibility index (Phi) is 2.37. The van der Waals surface area contributed by atoms with Crippen molar-refractivity contribution in [3.63, 3.8) is 0 Å². The fourth-order valence-electron chi connectivity index (χ4n) is 2.31. The van der Waals surface area contributed by atoms with Crippen LogP contribution in [0.15, 0.2) is 0 Å². The van der Waals surface area contributed by atoms with E-state index in [4.69, 9.17) is 4.84 Å². The topological polar surface area (TPSA) is 21.3 Å². The van der Waals surface area contributed by atoms with Gasteiger partial charge in [0.1, 0.15) is 0 Å². The molecule has 2 rings (SSSR count). The van der Waals surface area contributed by atoms with Gasteiger partial charge in [0, 0.05) is 6.04 Å². The molecule has 0 radical (unpaired) electrons. The summed E-state index contributed by atoms with van der Waals surface area (Å²) in [5, 5.41) is 0. The summed E-state index contributed by atoms with van der Waals surface area (Å²) in [5.74, 6) is 1.95. The third-order valence-electron chi connectivity index (χ3n) is 3.10. The zero-order valence-corrected chi connectivity index (χ0v) is 8.97. The van der Waals surface area contributed by atoms with Crippen molar-refractivity contribution in [3.05, 3.63) is 0 Å². The highest BCUT2D eigenvalue weighted by Gasteiger charge is 2.45. The minimum atomic E-state index is -0.0537. The van der Waals surface area contributed by atoms with Gasteiger partial charge >= 0.3 is 0 Å². The number of rotatable bonds is 2. The lowest BCUT2D eigenvalue weighted by molar-refractivity contribution is -0.0949. The van der Waals surface area contributed by atoms with E-state index in [2.05, 4.69) is 26.3 Å². The molecule has 2 heteroatoms. The van der Waals surface area contributed by atoms with Crippen LogP contribution >= 0.6 is 0 Å². The summed E-state index contributed by atoms with van der Waals surface area (Å²) in [5.41, 5.74) is 3.20. The quantitative estimate of drug-likeness (QED) is 0.664. The van der Waals surface area contributed by atoms with Crippen molar-refractivity contribution in [2.75, 3.05) is 0 Å². The van der Waals surface area contributed by atoms with Crippen molar-refractivity contribution in [1.82, 2.24) is 5.48 Å². The first kappa shape index (κ1) is 9.47. The lowest BCUT2D eigenvalue weighted by Crippen LogP contribution is -2.39. The van der Waals surface area contributed by atoms with E-state index in [1.165, 1.54) is 25.7 Å². The average molecular weight is 183 g/mol. The fraction of sp³-hybridized carbons (Fsp3) is 1.00. The molecule has 2 fully saturated rings. The summed E-state index contributed by atoms with van der Waals surface area (Å²) in [7, 11) is 0. The molecule has 0 aromatic carbocycles. The Morgan fingerprint density at radius 1 is 1.23 bits per heavy atom. The molecule has 2 aliphatic carbocycles. The van der Waals surface area contributed by atoms with E-state index >= 15 is 0 Å². The number of nitrogens with one attached hydrogen (secondary N) is 1. The third kappa shape index (κ3) is 2.44. The molecule has 3 atom stereocenters. The van der Waals surface area contributed by atoms with Gasteiger partial charge in [0.05, 0.1) is 5.60 Å². The van der Waals surface area contributed by atoms with Crippen molar-refractivity contribution in [1.29, 1.82) is 0 Å². The summed E-state index contributed by atoms with van der Waals surface area (Å²) in [6.07, 6.45) is 5.58. The fourth-order valence-corrected chi connectivity index (χ4v) is 2.31. The van der Waals surface area contributed by atoms with Gasteiger partial charge in [-0.1, -0.05) is 12.8 Å². The van der Waals surface area contributed by atoms with Crippen LogP contribution in [-0.4, -0.2) is 11.6 Å². The molecular weight excluding hydrogens is 162 g/mol. The van der Waals surface area contributed by atoms with Crippen LogP contribution in [0.4, 0.5) is 0 Å². The first-order valence-electron chi connectivity index (χ1n) is 5.50.